The highest BCUT2D eigenvalue weighted by atomic mass is 32.2. The highest BCUT2D eigenvalue weighted by Gasteiger charge is 2.32. The van der Waals surface area contributed by atoms with Crippen molar-refractivity contribution in [1.82, 2.24) is 0 Å². The van der Waals surface area contributed by atoms with Gasteiger partial charge in [0.2, 0.25) is 5.82 Å². The topological polar surface area (TPSA) is 80.4 Å². The van der Waals surface area contributed by atoms with Gasteiger partial charge in [-0.25, -0.2) is 22.0 Å². The molecule has 0 fully saturated rings. The first-order chi connectivity index (χ1) is 9.09. The zero-order valence-electron chi connectivity index (χ0n) is 10.3. The maximum Gasteiger partial charge on any atom is 0.300 e. The van der Waals surface area contributed by atoms with E-state index in [2.05, 4.69) is 6.92 Å². The molecule has 0 aliphatic carbocycles. The summed E-state index contributed by atoms with van der Waals surface area (Å²) in [6.07, 6.45) is 2.39. The van der Waals surface area contributed by atoms with Crippen LogP contribution < -0.4 is 5.73 Å². The van der Waals surface area contributed by atoms with E-state index in [1.807, 2.05) is 0 Å². The maximum absolute atomic E-state index is 12.6. The normalized spacial score (nSPS) is 11.0. The van der Waals surface area contributed by atoms with Gasteiger partial charge in [0.25, 0.3) is 0 Å². The van der Waals surface area contributed by atoms with Crippen molar-refractivity contribution in [3.8, 4) is 0 Å². The summed E-state index contributed by atoms with van der Waals surface area (Å²) < 4.78 is 91.3. The first kappa shape index (κ1) is 18.7. The summed E-state index contributed by atoms with van der Waals surface area (Å²) in [5.74, 6) is -12.6. The predicted octanol–water partition coefficient (Wildman–Crippen LogP) is 2.37. The van der Waals surface area contributed by atoms with Crippen LogP contribution in [0.15, 0.2) is 4.90 Å². The van der Waals surface area contributed by atoms with Gasteiger partial charge in [-0.15, -0.1) is 0 Å². The summed E-state index contributed by atoms with van der Waals surface area (Å²) in [7, 11) is -5.52. The van der Waals surface area contributed by atoms with Gasteiger partial charge in [0, 0.05) is 0 Å². The molecule has 4 nitrogen and oxygen atoms in total. The lowest BCUT2D eigenvalue weighted by atomic mass is 10.3. The SMILES string of the molecule is CCCCN.O=S(=O)(O)c1c(F)c(F)c(F)c(F)c1F. The van der Waals surface area contributed by atoms with E-state index >= 15 is 0 Å². The van der Waals surface area contributed by atoms with Gasteiger partial charge in [-0.3, -0.25) is 4.55 Å². The number of rotatable bonds is 3. The highest BCUT2D eigenvalue weighted by molar-refractivity contribution is 7.85. The number of hydrogen-bond donors (Lipinski definition) is 2. The summed E-state index contributed by atoms with van der Waals surface area (Å²) in [5, 5.41) is 0. The van der Waals surface area contributed by atoms with Crippen molar-refractivity contribution in [1.29, 1.82) is 0 Å². The minimum atomic E-state index is -5.52. The van der Waals surface area contributed by atoms with Crippen LogP contribution in [-0.4, -0.2) is 19.5 Å². The molecule has 116 valence electrons. The standard InChI is InChI=1S/C6HF5O3S.C4H11N/c7-1-2(8)4(10)6(15(12,13)14)5(11)3(1)9;1-2-3-4-5/h(H,12,13,14);2-5H2,1H3. The van der Waals surface area contributed by atoms with Crippen LogP contribution in [0.5, 0.6) is 0 Å². The maximum atomic E-state index is 12.6. The largest absolute Gasteiger partial charge is 0.330 e. The lowest BCUT2D eigenvalue weighted by molar-refractivity contribution is 0.352. The second kappa shape index (κ2) is 7.50. The fourth-order valence-corrected chi connectivity index (χ4v) is 1.65. The average Bonchev–Trinajstić information content (AvgIpc) is 2.34. The number of nitrogens with two attached hydrogens (primary N) is 1. The quantitative estimate of drug-likeness (QED) is 0.388. The molecule has 0 spiro atoms. The van der Waals surface area contributed by atoms with Crippen LogP contribution in [0.1, 0.15) is 19.8 Å². The Balaban J connectivity index is 0.000000621. The predicted molar refractivity (Wildman–Crippen MR) is 60.0 cm³/mol. The zero-order chi connectivity index (χ0) is 16.1. The molecule has 1 aromatic rings. The van der Waals surface area contributed by atoms with E-state index in [0.29, 0.717) is 0 Å². The summed E-state index contributed by atoms with van der Waals surface area (Å²) in [4.78, 5) is -2.26. The first-order valence-electron chi connectivity index (χ1n) is 5.28. The van der Waals surface area contributed by atoms with Crippen molar-refractivity contribution < 1.29 is 34.9 Å². The second-order valence-corrected chi connectivity index (χ2v) is 4.87. The van der Waals surface area contributed by atoms with Crippen molar-refractivity contribution in [2.24, 2.45) is 5.73 Å². The molecule has 0 aromatic heterocycles. The van der Waals surface area contributed by atoms with E-state index in [1.165, 1.54) is 12.8 Å². The number of benzene rings is 1. The van der Waals surface area contributed by atoms with E-state index in [0.717, 1.165) is 6.54 Å². The Morgan fingerprint density at radius 1 is 0.950 bits per heavy atom. The lowest BCUT2D eigenvalue weighted by Gasteiger charge is -2.04. The van der Waals surface area contributed by atoms with Crippen molar-refractivity contribution >= 4 is 10.1 Å². The minimum Gasteiger partial charge on any atom is -0.330 e. The van der Waals surface area contributed by atoms with E-state index in [9.17, 15) is 30.4 Å². The average molecular weight is 321 g/mol. The monoisotopic (exact) mass is 321 g/mol. The number of hydrogen-bond acceptors (Lipinski definition) is 3. The number of unbranched alkanes of at least 4 members (excludes halogenated alkanes) is 1. The van der Waals surface area contributed by atoms with Gasteiger partial charge in [0.15, 0.2) is 28.2 Å². The smallest absolute Gasteiger partial charge is 0.300 e. The van der Waals surface area contributed by atoms with Gasteiger partial charge >= 0.3 is 10.1 Å². The Morgan fingerprint density at radius 3 is 1.50 bits per heavy atom. The molecule has 10 heteroatoms. The molecule has 0 heterocycles. The van der Waals surface area contributed by atoms with E-state index in [4.69, 9.17) is 10.3 Å². The Hall–Kier alpha value is -1.26. The van der Waals surface area contributed by atoms with Crippen molar-refractivity contribution in [3.05, 3.63) is 29.1 Å². The Morgan fingerprint density at radius 2 is 1.30 bits per heavy atom. The molecule has 0 atom stereocenters. The van der Waals surface area contributed by atoms with Crippen LogP contribution >= 0.6 is 0 Å². The van der Waals surface area contributed by atoms with Crippen LogP contribution in [0, 0.1) is 29.1 Å². The van der Waals surface area contributed by atoms with Crippen molar-refractivity contribution in [3.63, 3.8) is 0 Å². The van der Waals surface area contributed by atoms with Gasteiger partial charge in [-0.2, -0.15) is 8.42 Å². The fourth-order valence-electron chi connectivity index (χ4n) is 1.02. The van der Waals surface area contributed by atoms with Crippen LogP contribution in [0.4, 0.5) is 22.0 Å². The van der Waals surface area contributed by atoms with Crippen molar-refractivity contribution in [2.75, 3.05) is 6.54 Å². The van der Waals surface area contributed by atoms with Gasteiger partial charge in [-0.05, 0) is 13.0 Å². The Labute approximate surface area is 112 Å². The summed E-state index contributed by atoms with van der Waals surface area (Å²) >= 11 is 0. The first-order valence-corrected chi connectivity index (χ1v) is 6.72. The molecule has 0 unspecified atom stereocenters. The minimum absolute atomic E-state index is 0.844. The molecule has 0 saturated heterocycles. The molecule has 0 aliphatic rings. The molecule has 1 aromatic carbocycles. The van der Waals surface area contributed by atoms with E-state index in [-0.39, 0.29) is 0 Å². The third-order valence-corrected chi connectivity index (χ3v) is 2.86. The molecule has 0 aliphatic heterocycles. The van der Waals surface area contributed by atoms with Gasteiger partial charge in [-0.1, -0.05) is 13.3 Å². The molecule has 0 radical (unpaired) electrons. The highest BCUT2D eigenvalue weighted by Crippen LogP contribution is 2.26. The summed E-state index contributed by atoms with van der Waals surface area (Å²) in [6, 6.07) is 0. The molecular weight excluding hydrogens is 309 g/mol. The lowest BCUT2D eigenvalue weighted by Crippen LogP contribution is -2.11. The van der Waals surface area contributed by atoms with E-state index in [1.54, 1.807) is 0 Å². The molecule has 20 heavy (non-hydrogen) atoms. The van der Waals surface area contributed by atoms with E-state index < -0.39 is 44.1 Å². The number of halogens is 5. The molecule has 3 N–H and O–H groups in total. The molecule has 0 saturated carbocycles. The molecule has 0 bridgehead atoms. The second-order valence-electron chi connectivity index (χ2n) is 3.52. The molecular formula is C10H12F5NO3S. The van der Waals surface area contributed by atoms with Gasteiger partial charge in [0.1, 0.15) is 0 Å². The van der Waals surface area contributed by atoms with Crippen LogP contribution in [0.2, 0.25) is 0 Å². The molecule has 0 amide bonds. The fraction of sp³-hybridized carbons (Fsp3) is 0.400. The molecule has 1 rings (SSSR count). The Bertz CT molecular complexity index is 546. The third-order valence-electron chi connectivity index (χ3n) is 1.99. The summed E-state index contributed by atoms with van der Waals surface area (Å²) in [5.41, 5.74) is 5.14. The Kier molecular flexibility index (Phi) is 7.03. The van der Waals surface area contributed by atoms with Crippen molar-refractivity contribution in [2.45, 2.75) is 24.7 Å². The zero-order valence-corrected chi connectivity index (χ0v) is 11.1. The summed E-state index contributed by atoms with van der Waals surface area (Å²) in [6.45, 7) is 2.98. The van der Waals surface area contributed by atoms with Crippen LogP contribution in [-0.2, 0) is 10.1 Å². The van der Waals surface area contributed by atoms with Crippen LogP contribution in [0.25, 0.3) is 0 Å². The van der Waals surface area contributed by atoms with Gasteiger partial charge < -0.3 is 5.73 Å². The van der Waals surface area contributed by atoms with Gasteiger partial charge in [0.05, 0.1) is 0 Å². The van der Waals surface area contributed by atoms with Crippen LogP contribution in [0.3, 0.4) is 0 Å². The third kappa shape index (κ3) is 4.39.